The number of hydrogen-bond donors (Lipinski definition) is 0. The zero-order chi connectivity index (χ0) is 28.4. The quantitative estimate of drug-likeness (QED) is 0.294. The molecule has 2 aromatic rings. The van der Waals surface area contributed by atoms with Gasteiger partial charge in [0.2, 0.25) is 0 Å². The third-order valence-electron chi connectivity index (χ3n) is 10.8. The number of carbonyl (C=O) groups is 4. The molecule has 1 aliphatic heterocycles. The third kappa shape index (κ3) is 3.67. The second-order valence-electron chi connectivity index (χ2n) is 13.0. The highest BCUT2D eigenvalue weighted by atomic mass is 32.2. The first-order valence-corrected chi connectivity index (χ1v) is 15.6. The van der Waals surface area contributed by atoms with E-state index in [4.69, 9.17) is 14.2 Å². The summed E-state index contributed by atoms with van der Waals surface area (Å²) in [6.45, 7) is 0. The van der Waals surface area contributed by atoms with Crippen molar-refractivity contribution in [3.05, 3.63) is 36.4 Å². The summed E-state index contributed by atoms with van der Waals surface area (Å²) in [5, 5.41) is 1.05. The second-order valence-corrected chi connectivity index (χ2v) is 14.3. The molecule has 0 aromatic heterocycles. The molecule has 214 valence electrons. The lowest BCUT2D eigenvalue weighted by molar-refractivity contribution is -0.188. The van der Waals surface area contributed by atoms with Gasteiger partial charge in [0.05, 0.1) is 22.1 Å². The number of rotatable bonds is 5. The molecular weight excluding hydrogens is 552 g/mol. The topological polar surface area (TPSA) is 153 Å². The summed E-state index contributed by atoms with van der Waals surface area (Å²) < 4.78 is 51.6. The Hall–Kier alpha value is -3.31. The summed E-state index contributed by atoms with van der Waals surface area (Å²) in [5.41, 5.74) is -0.680. The van der Waals surface area contributed by atoms with Crippen molar-refractivity contribution in [2.24, 2.45) is 46.8 Å². The predicted octanol–water partition coefficient (Wildman–Crippen LogP) is 2.76. The van der Waals surface area contributed by atoms with Crippen molar-refractivity contribution in [2.45, 2.75) is 55.6 Å². The van der Waals surface area contributed by atoms with Crippen molar-refractivity contribution >= 4 is 44.6 Å². The van der Waals surface area contributed by atoms with Gasteiger partial charge in [-0.3, -0.25) is 19.2 Å². The molecule has 0 N–H and O–H groups in total. The number of hydrogen-bond acceptors (Lipinski definition) is 10. The number of benzene rings is 2. The van der Waals surface area contributed by atoms with E-state index in [1.807, 2.05) is 0 Å². The molecule has 7 aliphatic rings. The molecule has 8 unspecified atom stereocenters. The van der Waals surface area contributed by atoms with Crippen LogP contribution in [0.2, 0.25) is 0 Å². The van der Waals surface area contributed by atoms with Crippen LogP contribution in [-0.2, 0) is 38.8 Å². The van der Waals surface area contributed by atoms with Crippen molar-refractivity contribution in [1.82, 2.24) is 0 Å². The monoisotopic (exact) mass is 579 g/mol. The van der Waals surface area contributed by atoms with Gasteiger partial charge in [-0.25, -0.2) is 8.42 Å². The average Bonchev–Trinajstić information content (AvgIpc) is 3.54. The van der Waals surface area contributed by atoms with E-state index in [-0.39, 0.29) is 40.2 Å². The summed E-state index contributed by atoms with van der Waals surface area (Å²) in [6, 6.07) is 8.51. The van der Waals surface area contributed by atoms with Gasteiger partial charge in [0.15, 0.2) is 0 Å². The van der Waals surface area contributed by atoms with Crippen LogP contribution in [0.5, 0.6) is 5.75 Å². The number of fused-ring (bicyclic) bond motifs is 2. The van der Waals surface area contributed by atoms with Crippen LogP contribution < -0.4 is 4.74 Å². The minimum Gasteiger partial charge on any atom is -0.744 e. The molecule has 6 aliphatic carbocycles. The molecule has 9 rings (SSSR count). The van der Waals surface area contributed by atoms with Gasteiger partial charge in [0.25, 0.3) is 0 Å². The van der Waals surface area contributed by atoms with Crippen LogP contribution in [0.4, 0.5) is 0 Å². The molecule has 8 atom stereocenters. The van der Waals surface area contributed by atoms with Gasteiger partial charge in [-0.15, -0.1) is 0 Å². The lowest BCUT2D eigenvalue weighted by atomic mass is 9.49. The van der Waals surface area contributed by atoms with E-state index >= 15 is 0 Å². The Balaban J connectivity index is 1.03. The van der Waals surface area contributed by atoms with Gasteiger partial charge in [0, 0.05) is 23.7 Å². The lowest BCUT2D eigenvalue weighted by Crippen LogP contribution is -2.56. The fraction of sp³-hybridized carbons (Fsp3) is 0.533. The molecule has 41 heavy (non-hydrogen) atoms. The van der Waals surface area contributed by atoms with Crippen LogP contribution in [0.3, 0.4) is 0 Å². The highest BCUT2D eigenvalue weighted by Crippen LogP contribution is 2.62. The molecule has 11 heteroatoms. The van der Waals surface area contributed by atoms with E-state index in [2.05, 4.69) is 0 Å². The fourth-order valence-electron chi connectivity index (χ4n) is 9.32. The maximum Gasteiger partial charge on any atom is 0.315 e. The smallest absolute Gasteiger partial charge is 0.315 e. The maximum atomic E-state index is 13.7. The van der Waals surface area contributed by atoms with Crippen LogP contribution in [0.15, 0.2) is 41.3 Å². The second kappa shape index (κ2) is 8.38. The summed E-state index contributed by atoms with van der Waals surface area (Å²) in [6.07, 6.45) is 2.65. The SMILES string of the molecule is O=C1C2CC3CC1CC(C(=O)OC1C4CC5C1OC(=O)C5C4C(=O)Oc1ccc4cc(S(=O)(=O)[O-])ccc4c1)(C3)C2. The largest absolute Gasteiger partial charge is 0.744 e. The van der Waals surface area contributed by atoms with Crippen LogP contribution >= 0.6 is 0 Å². The van der Waals surface area contributed by atoms with Crippen LogP contribution in [0.25, 0.3) is 10.8 Å². The number of carbonyl (C=O) groups excluding carboxylic acids is 4. The predicted molar refractivity (Wildman–Crippen MR) is 137 cm³/mol. The van der Waals surface area contributed by atoms with Crippen molar-refractivity contribution < 1.29 is 46.4 Å². The van der Waals surface area contributed by atoms with Crippen molar-refractivity contribution in [2.75, 3.05) is 0 Å². The zero-order valence-electron chi connectivity index (χ0n) is 21.9. The van der Waals surface area contributed by atoms with E-state index in [9.17, 15) is 32.1 Å². The van der Waals surface area contributed by atoms with Crippen LogP contribution in [-0.4, -0.2) is 48.9 Å². The van der Waals surface area contributed by atoms with E-state index in [0.717, 1.165) is 19.3 Å². The molecule has 1 heterocycles. The van der Waals surface area contributed by atoms with Gasteiger partial charge >= 0.3 is 17.9 Å². The Labute approximate surface area is 235 Å². The molecule has 0 radical (unpaired) electrons. The minimum absolute atomic E-state index is 0.0801. The molecule has 1 saturated heterocycles. The summed E-state index contributed by atoms with van der Waals surface area (Å²) >= 11 is 0. The van der Waals surface area contributed by atoms with Gasteiger partial charge < -0.3 is 18.8 Å². The van der Waals surface area contributed by atoms with Gasteiger partial charge in [0.1, 0.15) is 33.9 Å². The molecule has 10 nitrogen and oxygen atoms in total. The third-order valence-corrected chi connectivity index (χ3v) is 11.6. The Morgan fingerprint density at radius 2 is 1.63 bits per heavy atom. The fourth-order valence-corrected chi connectivity index (χ4v) is 9.83. The summed E-state index contributed by atoms with van der Waals surface area (Å²) in [7, 11) is -4.61. The van der Waals surface area contributed by atoms with E-state index < -0.39 is 57.4 Å². The van der Waals surface area contributed by atoms with Gasteiger partial charge in [-0.1, -0.05) is 12.1 Å². The van der Waals surface area contributed by atoms with Crippen LogP contribution in [0, 0.1) is 46.8 Å². The highest BCUT2D eigenvalue weighted by Gasteiger charge is 2.71. The number of ketones is 1. The number of esters is 3. The van der Waals surface area contributed by atoms with E-state index in [1.165, 1.54) is 24.3 Å². The van der Waals surface area contributed by atoms with Gasteiger partial charge in [-0.05, 0) is 79.5 Å². The Morgan fingerprint density at radius 3 is 2.37 bits per heavy atom. The van der Waals surface area contributed by atoms with Crippen molar-refractivity contribution in [3.8, 4) is 5.75 Å². The average molecular weight is 580 g/mol. The molecule has 2 aromatic carbocycles. The molecule has 0 amide bonds. The van der Waals surface area contributed by atoms with Crippen molar-refractivity contribution in [3.63, 3.8) is 0 Å². The van der Waals surface area contributed by atoms with E-state index in [1.54, 1.807) is 12.1 Å². The first kappa shape index (κ1) is 25.4. The highest BCUT2D eigenvalue weighted by molar-refractivity contribution is 7.85. The molecule has 7 fully saturated rings. The minimum atomic E-state index is -4.61. The Kier molecular flexibility index (Phi) is 5.19. The zero-order valence-corrected chi connectivity index (χ0v) is 22.7. The Bertz CT molecular complexity index is 1640. The molecular formula is C30H27O10S-. The number of ether oxygens (including phenoxy) is 3. The molecule has 6 saturated carbocycles. The van der Waals surface area contributed by atoms with Crippen molar-refractivity contribution in [1.29, 1.82) is 0 Å². The maximum absolute atomic E-state index is 13.7. The number of Topliss-reactive ketones (excluding diaryl/α,β-unsaturated/α-hetero) is 1. The van der Waals surface area contributed by atoms with Crippen LogP contribution in [0.1, 0.15) is 38.5 Å². The lowest BCUT2D eigenvalue weighted by Gasteiger charge is -2.54. The van der Waals surface area contributed by atoms with Gasteiger partial charge in [-0.2, -0.15) is 0 Å². The first-order valence-electron chi connectivity index (χ1n) is 14.2. The Morgan fingerprint density at radius 1 is 0.927 bits per heavy atom. The summed E-state index contributed by atoms with van der Waals surface area (Å²) in [5.74, 6) is -2.87. The standard InChI is InChI=1S/C30H28O10S/c31-24-16-5-13-6-17(24)12-30(10-13,11-16)29(34)40-26-21-9-20-23(28(33)39-25(20)26)22(21)27(32)38-18-3-1-15-8-19(41(35,36)37)4-2-14(15)7-18/h1-4,7-8,13,16-17,20-23,25-26H,5-6,9-12H2,(H,35,36,37)/p-1. The molecule has 6 bridgehead atoms. The first-order chi connectivity index (χ1) is 19.5. The molecule has 0 spiro atoms. The summed E-state index contributed by atoms with van der Waals surface area (Å²) in [4.78, 5) is 52.4. The van der Waals surface area contributed by atoms with E-state index in [0.29, 0.717) is 36.0 Å². The normalized spacial score (nSPS) is 39.8.